The zero-order valence-electron chi connectivity index (χ0n) is 6.18. The molecule has 0 aromatic rings. The van der Waals surface area contributed by atoms with Gasteiger partial charge in [0.2, 0.25) is 0 Å². The Morgan fingerprint density at radius 3 is 2.89 bits per heavy atom. The van der Waals surface area contributed by atoms with Gasteiger partial charge in [-0.25, -0.2) is 0 Å². The molecule has 0 rings (SSSR count). The first-order valence-corrected chi connectivity index (χ1v) is 4.09. The van der Waals surface area contributed by atoms with Crippen LogP contribution in [0.4, 0.5) is 0 Å². The van der Waals surface area contributed by atoms with Gasteiger partial charge in [0.1, 0.15) is 10.5 Å². The first-order valence-electron chi connectivity index (χ1n) is 3.27. The van der Waals surface area contributed by atoms with Crippen LogP contribution < -0.4 is 11.1 Å². The topological polar surface area (TPSA) is 47.3 Å². The lowest BCUT2D eigenvalue weighted by Crippen LogP contribution is -2.29. The molecule has 0 amide bonds. The number of nitrogens with two attached hydrogens (primary N) is 1. The normalized spacial score (nSPS) is 14.0. The number of nitrogens with one attached hydrogen (secondary N) is 1. The maximum atomic E-state index is 5.28. The molecule has 0 aliphatic rings. The van der Waals surface area contributed by atoms with Gasteiger partial charge in [-0.15, -0.1) is 0 Å². The van der Waals surface area contributed by atoms with E-state index in [1.807, 2.05) is 6.92 Å². The third-order valence-electron chi connectivity index (χ3n) is 1.17. The average molecular weight is 148 g/mol. The van der Waals surface area contributed by atoms with Crippen LogP contribution in [0.2, 0.25) is 0 Å². The second-order valence-corrected chi connectivity index (χ2v) is 2.45. The molecular weight excluding hydrogens is 132 g/mol. The molecule has 0 saturated carbocycles. The summed E-state index contributed by atoms with van der Waals surface area (Å²) in [7, 11) is 0.797. The van der Waals surface area contributed by atoms with Crippen molar-refractivity contribution in [2.24, 2.45) is 5.73 Å². The highest BCUT2D eigenvalue weighted by Crippen LogP contribution is 1.79. The molecular formula is C5H16N2OSi. The highest BCUT2D eigenvalue weighted by atomic mass is 28.2. The molecule has 1 atom stereocenters. The van der Waals surface area contributed by atoms with E-state index in [0.717, 1.165) is 30.0 Å². The lowest BCUT2D eigenvalue weighted by Gasteiger charge is -2.10. The standard InChI is InChI=1S/C5H16N2OSi/c1-5(8-9)7-4-2-3-6/h5,7H,2-4,6H2,1,9H3. The van der Waals surface area contributed by atoms with Crippen molar-refractivity contribution in [1.29, 1.82) is 0 Å². The molecule has 0 spiro atoms. The lowest BCUT2D eigenvalue weighted by molar-refractivity contribution is 0.201. The predicted octanol–water partition coefficient (Wildman–Crippen LogP) is -1.43. The summed E-state index contributed by atoms with van der Waals surface area (Å²) in [6, 6.07) is 0. The van der Waals surface area contributed by atoms with Gasteiger partial charge in [-0.2, -0.15) is 0 Å². The van der Waals surface area contributed by atoms with E-state index in [9.17, 15) is 0 Å². The Morgan fingerprint density at radius 1 is 1.78 bits per heavy atom. The van der Waals surface area contributed by atoms with Crippen molar-refractivity contribution in [2.45, 2.75) is 19.6 Å². The first kappa shape index (κ1) is 9.10. The molecule has 0 aromatic carbocycles. The van der Waals surface area contributed by atoms with Gasteiger partial charge in [0.15, 0.2) is 0 Å². The average Bonchev–Trinajstić information content (AvgIpc) is 1.89. The van der Waals surface area contributed by atoms with E-state index in [1.165, 1.54) is 0 Å². The highest BCUT2D eigenvalue weighted by molar-refractivity contribution is 5.98. The van der Waals surface area contributed by atoms with Crippen molar-refractivity contribution in [3.63, 3.8) is 0 Å². The summed E-state index contributed by atoms with van der Waals surface area (Å²) in [4.78, 5) is 0. The molecule has 0 aliphatic carbocycles. The minimum Gasteiger partial charge on any atom is -0.413 e. The Labute approximate surface area is 59.5 Å². The molecule has 0 bridgehead atoms. The van der Waals surface area contributed by atoms with E-state index in [-0.39, 0.29) is 6.23 Å². The van der Waals surface area contributed by atoms with Crippen LogP contribution in [0, 0.1) is 0 Å². The van der Waals surface area contributed by atoms with Gasteiger partial charge >= 0.3 is 0 Å². The monoisotopic (exact) mass is 148 g/mol. The van der Waals surface area contributed by atoms with E-state index in [2.05, 4.69) is 5.32 Å². The molecule has 56 valence electrons. The number of rotatable bonds is 5. The Kier molecular flexibility index (Phi) is 6.29. The maximum absolute atomic E-state index is 5.28. The molecule has 3 N–H and O–H groups in total. The lowest BCUT2D eigenvalue weighted by atomic mass is 10.4. The molecule has 0 fully saturated rings. The van der Waals surface area contributed by atoms with Crippen molar-refractivity contribution >= 4 is 10.5 Å². The number of hydrogen-bond acceptors (Lipinski definition) is 3. The summed E-state index contributed by atoms with van der Waals surface area (Å²) < 4.78 is 5.08. The molecule has 0 radical (unpaired) electrons. The fraction of sp³-hybridized carbons (Fsp3) is 1.00. The largest absolute Gasteiger partial charge is 0.413 e. The summed E-state index contributed by atoms with van der Waals surface area (Å²) >= 11 is 0. The first-order chi connectivity index (χ1) is 4.31. The SMILES string of the molecule is CC(NCCCN)O[SiH3]. The van der Waals surface area contributed by atoms with Gasteiger partial charge in [0.05, 0.1) is 6.23 Å². The quantitative estimate of drug-likeness (QED) is 0.285. The van der Waals surface area contributed by atoms with Crippen LogP contribution in [0.25, 0.3) is 0 Å². The van der Waals surface area contributed by atoms with Gasteiger partial charge in [0.25, 0.3) is 0 Å². The molecule has 9 heavy (non-hydrogen) atoms. The van der Waals surface area contributed by atoms with Crippen LogP contribution in [-0.4, -0.2) is 29.8 Å². The summed E-state index contributed by atoms with van der Waals surface area (Å²) in [6.45, 7) is 3.71. The van der Waals surface area contributed by atoms with Crippen molar-refractivity contribution in [3.8, 4) is 0 Å². The van der Waals surface area contributed by atoms with Crippen LogP contribution in [0.1, 0.15) is 13.3 Å². The van der Waals surface area contributed by atoms with E-state index < -0.39 is 0 Å². The zero-order chi connectivity index (χ0) is 7.11. The Balaban J connectivity index is 2.88. The van der Waals surface area contributed by atoms with Crippen LogP contribution >= 0.6 is 0 Å². The van der Waals surface area contributed by atoms with Crippen LogP contribution in [0.15, 0.2) is 0 Å². The zero-order valence-corrected chi connectivity index (χ0v) is 8.18. The van der Waals surface area contributed by atoms with Crippen LogP contribution in [0.5, 0.6) is 0 Å². The molecule has 1 unspecified atom stereocenters. The van der Waals surface area contributed by atoms with Crippen molar-refractivity contribution < 1.29 is 4.43 Å². The molecule has 0 heterocycles. The summed E-state index contributed by atoms with van der Waals surface area (Å²) in [6.07, 6.45) is 1.23. The summed E-state index contributed by atoms with van der Waals surface area (Å²) in [5.74, 6) is 0. The van der Waals surface area contributed by atoms with Crippen molar-refractivity contribution in [3.05, 3.63) is 0 Å². The number of hydrogen-bond donors (Lipinski definition) is 2. The third kappa shape index (κ3) is 5.98. The van der Waals surface area contributed by atoms with Gasteiger partial charge in [0, 0.05) is 0 Å². The maximum Gasteiger partial charge on any atom is 0.148 e. The fourth-order valence-corrected chi connectivity index (χ4v) is 0.657. The van der Waals surface area contributed by atoms with Gasteiger partial charge in [-0.05, 0) is 26.4 Å². The minimum absolute atomic E-state index is 0.211. The molecule has 0 aromatic heterocycles. The molecule has 0 aliphatic heterocycles. The summed E-state index contributed by atoms with van der Waals surface area (Å²) in [5.41, 5.74) is 5.28. The van der Waals surface area contributed by atoms with E-state index in [1.54, 1.807) is 0 Å². The van der Waals surface area contributed by atoms with Gasteiger partial charge < -0.3 is 10.2 Å². The van der Waals surface area contributed by atoms with Crippen LogP contribution in [-0.2, 0) is 4.43 Å². The fourth-order valence-electron chi connectivity index (χ4n) is 0.491. The minimum atomic E-state index is 0.211. The predicted molar refractivity (Wildman–Crippen MR) is 42.2 cm³/mol. The Hall–Kier alpha value is 0.0969. The molecule has 4 heteroatoms. The molecule has 0 saturated heterocycles. The third-order valence-corrected chi connectivity index (χ3v) is 1.87. The summed E-state index contributed by atoms with van der Waals surface area (Å²) in [5, 5.41) is 3.17. The van der Waals surface area contributed by atoms with E-state index in [0.29, 0.717) is 0 Å². The van der Waals surface area contributed by atoms with E-state index >= 15 is 0 Å². The van der Waals surface area contributed by atoms with Gasteiger partial charge in [-0.1, -0.05) is 0 Å². The van der Waals surface area contributed by atoms with E-state index in [4.69, 9.17) is 10.2 Å². The van der Waals surface area contributed by atoms with Crippen LogP contribution in [0.3, 0.4) is 0 Å². The van der Waals surface area contributed by atoms with Gasteiger partial charge in [-0.3, -0.25) is 5.32 Å². The Morgan fingerprint density at radius 2 is 2.44 bits per heavy atom. The van der Waals surface area contributed by atoms with Crippen molar-refractivity contribution in [2.75, 3.05) is 13.1 Å². The Bertz CT molecular complexity index is 62.9. The van der Waals surface area contributed by atoms with Crippen molar-refractivity contribution in [1.82, 2.24) is 5.32 Å². The second kappa shape index (κ2) is 6.22. The second-order valence-electron chi connectivity index (χ2n) is 1.97. The highest BCUT2D eigenvalue weighted by Gasteiger charge is 1.93. The molecule has 3 nitrogen and oxygen atoms in total. The smallest absolute Gasteiger partial charge is 0.148 e.